The largest absolute Gasteiger partial charge is 0.306 e. The maximum absolute atomic E-state index is 12.9. The summed E-state index contributed by atoms with van der Waals surface area (Å²) in [6.07, 6.45) is 3.71. The summed E-state index contributed by atoms with van der Waals surface area (Å²) in [5, 5.41) is 9.37. The maximum atomic E-state index is 12.9. The molecule has 2 rings (SSSR count). The van der Waals surface area contributed by atoms with Gasteiger partial charge in [-0.15, -0.1) is 0 Å². The van der Waals surface area contributed by atoms with Crippen LogP contribution in [0.3, 0.4) is 0 Å². The van der Waals surface area contributed by atoms with E-state index in [2.05, 4.69) is 15.5 Å². The predicted octanol–water partition coefficient (Wildman–Crippen LogP) is 2.76. The summed E-state index contributed by atoms with van der Waals surface area (Å²) in [4.78, 5) is 11.6. The van der Waals surface area contributed by atoms with Crippen molar-refractivity contribution in [3.63, 3.8) is 0 Å². The molecule has 0 spiro atoms. The number of hydrogen-bond acceptors (Lipinski definition) is 2. The number of carbonyl (C=O) groups is 1. The summed E-state index contributed by atoms with van der Waals surface area (Å²) in [6, 6.07) is 7.79. The van der Waals surface area contributed by atoms with E-state index in [4.69, 9.17) is 0 Å². The molecular formula is C14H14FN3O. The predicted molar refractivity (Wildman–Crippen MR) is 72.0 cm³/mol. The molecule has 2 N–H and O–H groups in total. The normalized spacial score (nSPS) is 10.8. The number of aromatic nitrogens is 2. The van der Waals surface area contributed by atoms with Crippen molar-refractivity contribution in [2.45, 2.75) is 13.3 Å². The lowest BCUT2D eigenvalue weighted by atomic mass is 10.2. The highest BCUT2D eigenvalue weighted by Crippen LogP contribution is 2.07. The van der Waals surface area contributed by atoms with Crippen molar-refractivity contribution in [3.05, 3.63) is 53.5 Å². The number of aryl methyl sites for hydroxylation is 1. The van der Waals surface area contributed by atoms with Crippen LogP contribution >= 0.6 is 0 Å². The van der Waals surface area contributed by atoms with E-state index in [1.165, 1.54) is 18.2 Å². The highest BCUT2D eigenvalue weighted by Gasteiger charge is 2.02. The molecule has 2 aromatic rings. The van der Waals surface area contributed by atoms with Gasteiger partial charge in [0.2, 0.25) is 5.91 Å². The summed E-state index contributed by atoms with van der Waals surface area (Å²) in [6.45, 7) is 1.99. The van der Waals surface area contributed by atoms with Crippen molar-refractivity contribution >= 4 is 17.8 Å². The van der Waals surface area contributed by atoms with Gasteiger partial charge < -0.3 is 5.32 Å². The Morgan fingerprint density at radius 1 is 1.47 bits per heavy atom. The molecule has 0 aliphatic rings. The highest BCUT2D eigenvalue weighted by molar-refractivity contribution is 6.01. The third-order valence-electron chi connectivity index (χ3n) is 2.54. The molecule has 0 radical (unpaired) electrons. The number of amides is 1. The second-order valence-electron chi connectivity index (χ2n) is 4.01. The van der Waals surface area contributed by atoms with Gasteiger partial charge in [-0.1, -0.05) is 19.1 Å². The Balaban J connectivity index is 1.97. The van der Waals surface area contributed by atoms with E-state index >= 15 is 0 Å². The number of carbonyl (C=O) groups excluding carboxylic acids is 1. The minimum Gasteiger partial charge on any atom is -0.306 e. The van der Waals surface area contributed by atoms with E-state index < -0.39 is 0 Å². The fraction of sp³-hybridized carbons (Fsp3) is 0.143. The molecule has 5 heteroatoms. The summed E-state index contributed by atoms with van der Waals surface area (Å²) in [7, 11) is 0. The summed E-state index contributed by atoms with van der Waals surface area (Å²) < 4.78 is 12.9. The zero-order valence-corrected chi connectivity index (χ0v) is 10.5. The van der Waals surface area contributed by atoms with Crippen LogP contribution in [0.1, 0.15) is 18.2 Å². The summed E-state index contributed by atoms with van der Waals surface area (Å²) in [5.41, 5.74) is 1.58. The second kappa shape index (κ2) is 5.95. The number of halogens is 1. The molecule has 1 amide bonds. The minimum absolute atomic E-state index is 0.307. The lowest BCUT2D eigenvalue weighted by Crippen LogP contribution is -2.07. The first-order valence-electron chi connectivity index (χ1n) is 5.96. The van der Waals surface area contributed by atoms with Crippen LogP contribution in [0.25, 0.3) is 6.08 Å². The van der Waals surface area contributed by atoms with Gasteiger partial charge in [0, 0.05) is 17.8 Å². The molecule has 0 saturated carbocycles. The molecule has 0 unspecified atom stereocenters. The number of rotatable bonds is 4. The van der Waals surface area contributed by atoms with Gasteiger partial charge in [-0.25, -0.2) is 4.39 Å². The maximum Gasteiger partial charge on any atom is 0.249 e. The lowest BCUT2D eigenvalue weighted by molar-refractivity contribution is -0.111. The van der Waals surface area contributed by atoms with Crippen molar-refractivity contribution in [3.8, 4) is 0 Å². The fourth-order valence-electron chi connectivity index (χ4n) is 1.56. The van der Waals surface area contributed by atoms with Crippen molar-refractivity contribution in [2.24, 2.45) is 0 Å². The van der Waals surface area contributed by atoms with Gasteiger partial charge in [0.05, 0.1) is 0 Å². The zero-order chi connectivity index (χ0) is 13.7. The van der Waals surface area contributed by atoms with Gasteiger partial charge in [0.1, 0.15) is 5.82 Å². The Kier molecular flexibility index (Phi) is 4.07. The van der Waals surface area contributed by atoms with Crippen molar-refractivity contribution < 1.29 is 9.18 Å². The fourth-order valence-corrected chi connectivity index (χ4v) is 1.56. The Morgan fingerprint density at radius 3 is 3.00 bits per heavy atom. The van der Waals surface area contributed by atoms with E-state index in [0.29, 0.717) is 11.4 Å². The Bertz CT molecular complexity index is 604. The average Bonchev–Trinajstić information content (AvgIpc) is 2.84. The van der Waals surface area contributed by atoms with Crippen LogP contribution < -0.4 is 5.32 Å². The van der Waals surface area contributed by atoms with E-state index in [-0.39, 0.29) is 11.7 Å². The van der Waals surface area contributed by atoms with Gasteiger partial charge in [-0.05, 0) is 30.2 Å². The topological polar surface area (TPSA) is 57.8 Å². The third kappa shape index (κ3) is 3.77. The smallest absolute Gasteiger partial charge is 0.249 e. The van der Waals surface area contributed by atoms with Crippen LogP contribution in [-0.4, -0.2) is 16.1 Å². The number of hydrogen-bond donors (Lipinski definition) is 2. The highest BCUT2D eigenvalue weighted by atomic mass is 19.1. The molecule has 98 valence electrons. The van der Waals surface area contributed by atoms with Crippen LogP contribution in [-0.2, 0) is 11.2 Å². The van der Waals surface area contributed by atoms with Gasteiger partial charge >= 0.3 is 0 Å². The van der Waals surface area contributed by atoms with Gasteiger partial charge in [-0.3, -0.25) is 9.89 Å². The molecule has 0 aliphatic carbocycles. The van der Waals surface area contributed by atoms with Crippen molar-refractivity contribution in [2.75, 3.05) is 5.32 Å². The van der Waals surface area contributed by atoms with Gasteiger partial charge in [0.15, 0.2) is 5.82 Å². The Hall–Kier alpha value is -2.43. The molecule has 4 nitrogen and oxygen atoms in total. The monoisotopic (exact) mass is 259 g/mol. The van der Waals surface area contributed by atoms with Crippen LogP contribution in [0.4, 0.5) is 10.2 Å². The minimum atomic E-state index is -0.331. The molecule has 1 aromatic carbocycles. The number of nitrogens with zero attached hydrogens (tertiary/aromatic N) is 1. The first-order valence-corrected chi connectivity index (χ1v) is 5.96. The third-order valence-corrected chi connectivity index (χ3v) is 2.54. The van der Waals surface area contributed by atoms with Gasteiger partial charge in [0.25, 0.3) is 0 Å². The van der Waals surface area contributed by atoms with Crippen LogP contribution in [0, 0.1) is 5.82 Å². The Morgan fingerprint density at radius 2 is 2.32 bits per heavy atom. The molecule has 1 heterocycles. The molecular weight excluding hydrogens is 245 g/mol. The zero-order valence-electron chi connectivity index (χ0n) is 10.5. The Labute approximate surface area is 110 Å². The van der Waals surface area contributed by atoms with Gasteiger partial charge in [-0.2, -0.15) is 5.10 Å². The molecule has 0 fully saturated rings. The molecule has 0 atom stereocenters. The van der Waals surface area contributed by atoms with E-state index in [9.17, 15) is 9.18 Å². The molecule has 1 aromatic heterocycles. The first kappa shape index (κ1) is 13.0. The van der Waals surface area contributed by atoms with Crippen LogP contribution in [0.5, 0.6) is 0 Å². The molecule has 0 bridgehead atoms. The summed E-state index contributed by atoms with van der Waals surface area (Å²) in [5.74, 6) is -0.161. The number of nitrogens with one attached hydrogen (secondary N) is 2. The van der Waals surface area contributed by atoms with Crippen molar-refractivity contribution in [1.29, 1.82) is 0 Å². The van der Waals surface area contributed by atoms with Crippen molar-refractivity contribution in [1.82, 2.24) is 10.2 Å². The first-order chi connectivity index (χ1) is 9.17. The standard InChI is InChI=1S/C14H14FN3O/c1-2-12-9-13(18-17-12)16-14(19)7-6-10-4-3-5-11(15)8-10/h3-9H,2H2,1H3,(H2,16,17,18,19)/b7-6+. The summed E-state index contributed by atoms with van der Waals surface area (Å²) >= 11 is 0. The van der Waals surface area contributed by atoms with E-state index in [1.807, 2.05) is 6.92 Å². The van der Waals surface area contributed by atoms with Crippen LogP contribution in [0.15, 0.2) is 36.4 Å². The van der Waals surface area contributed by atoms with Crippen LogP contribution in [0.2, 0.25) is 0 Å². The number of aromatic amines is 1. The number of anilines is 1. The van der Waals surface area contributed by atoms with E-state index in [1.54, 1.807) is 24.3 Å². The number of benzene rings is 1. The second-order valence-corrected chi connectivity index (χ2v) is 4.01. The molecule has 19 heavy (non-hydrogen) atoms. The average molecular weight is 259 g/mol. The quantitative estimate of drug-likeness (QED) is 0.829. The molecule has 0 aliphatic heterocycles. The molecule has 0 saturated heterocycles. The SMILES string of the molecule is CCc1cc(NC(=O)/C=C/c2cccc(F)c2)n[nH]1. The van der Waals surface area contributed by atoms with E-state index in [0.717, 1.165) is 12.1 Å². The number of H-pyrrole nitrogens is 1. The lowest BCUT2D eigenvalue weighted by Gasteiger charge is -1.96.